The van der Waals surface area contributed by atoms with E-state index in [2.05, 4.69) is 17.2 Å². The normalized spacial score (nSPS) is 18.7. The summed E-state index contributed by atoms with van der Waals surface area (Å²) in [4.78, 5) is 0. The van der Waals surface area contributed by atoms with Crippen LogP contribution in [0.5, 0.6) is 0 Å². The first-order valence-electron chi connectivity index (χ1n) is 6.27. The molecule has 0 aliphatic carbocycles. The first-order valence-corrected chi connectivity index (χ1v) is 6.27. The number of hydrogen-bond acceptors (Lipinski definition) is 2. The average Bonchev–Trinajstić information content (AvgIpc) is 2.88. The highest BCUT2D eigenvalue weighted by Gasteiger charge is 2.14. The zero-order valence-electron chi connectivity index (χ0n) is 10.1. The number of nitrogens with one attached hydrogen (secondary N) is 1. The Labute approximate surface area is 103 Å². The van der Waals surface area contributed by atoms with E-state index in [9.17, 15) is 0 Å². The molecule has 1 unspecified atom stereocenters. The van der Waals surface area contributed by atoms with Crippen LogP contribution < -0.4 is 5.32 Å². The van der Waals surface area contributed by atoms with Crippen molar-refractivity contribution in [3.63, 3.8) is 0 Å². The zero-order valence-corrected chi connectivity index (χ0v) is 10.1. The molecule has 1 aliphatic rings. The van der Waals surface area contributed by atoms with Gasteiger partial charge in [-0.25, -0.2) is 0 Å². The Morgan fingerprint density at radius 1 is 1.29 bits per heavy atom. The van der Waals surface area contributed by atoms with Crippen LogP contribution in [0, 0.1) is 17.8 Å². The minimum atomic E-state index is 0.754. The minimum Gasteiger partial charge on any atom is -0.381 e. The van der Waals surface area contributed by atoms with E-state index >= 15 is 0 Å². The molecule has 1 aromatic carbocycles. The van der Waals surface area contributed by atoms with Crippen LogP contribution in [0.25, 0.3) is 0 Å². The van der Waals surface area contributed by atoms with E-state index in [1.165, 1.54) is 12.8 Å². The van der Waals surface area contributed by atoms with Crippen LogP contribution in [0.1, 0.15) is 18.4 Å². The third-order valence-corrected chi connectivity index (χ3v) is 2.97. The lowest BCUT2D eigenvalue weighted by molar-refractivity contribution is 0.184. The van der Waals surface area contributed by atoms with Crippen molar-refractivity contribution in [2.24, 2.45) is 5.92 Å². The summed E-state index contributed by atoms with van der Waals surface area (Å²) in [6.45, 7) is 3.69. The van der Waals surface area contributed by atoms with Crippen molar-refractivity contribution in [3.05, 3.63) is 35.9 Å². The highest BCUT2D eigenvalue weighted by atomic mass is 16.5. The van der Waals surface area contributed by atoms with Crippen molar-refractivity contribution in [1.29, 1.82) is 0 Å². The maximum Gasteiger partial charge on any atom is 0.0580 e. The molecular weight excluding hydrogens is 210 g/mol. The van der Waals surface area contributed by atoms with E-state index in [0.29, 0.717) is 0 Å². The highest BCUT2D eigenvalue weighted by molar-refractivity contribution is 5.33. The van der Waals surface area contributed by atoms with E-state index in [-0.39, 0.29) is 0 Å². The molecule has 0 spiro atoms. The molecule has 1 fully saturated rings. The molecule has 1 aromatic rings. The Morgan fingerprint density at radius 2 is 2.18 bits per heavy atom. The van der Waals surface area contributed by atoms with Gasteiger partial charge in [-0.05, 0) is 37.4 Å². The molecule has 17 heavy (non-hydrogen) atoms. The molecule has 1 N–H and O–H groups in total. The van der Waals surface area contributed by atoms with Crippen molar-refractivity contribution >= 4 is 0 Å². The van der Waals surface area contributed by atoms with E-state index in [1.807, 2.05) is 30.3 Å². The largest absolute Gasteiger partial charge is 0.381 e. The first kappa shape index (κ1) is 12.2. The molecule has 0 aromatic heterocycles. The van der Waals surface area contributed by atoms with Crippen molar-refractivity contribution in [2.45, 2.75) is 12.8 Å². The van der Waals surface area contributed by atoms with Crippen LogP contribution in [-0.4, -0.2) is 26.3 Å². The Bertz CT molecular complexity index is 371. The monoisotopic (exact) mass is 229 g/mol. The van der Waals surface area contributed by atoms with Gasteiger partial charge >= 0.3 is 0 Å². The fourth-order valence-corrected chi connectivity index (χ4v) is 1.94. The third-order valence-electron chi connectivity index (χ3n) is 2.97. The molecule has 90 valence electrons. The van der Waals surface area contributed by atoms with Gasteiger partial charge < -0.3 is 10.1 Å². The van der Waals surface area contributed by atoms with E-state index < -0.39 is 0 Å². The van der Waals surface area contributed by atoms with Gasteiger partial charge in [0.25, 0.3) is 0 Å². The maximum absolute atomic E-state index is 5.34. The molecule has 1 atom stereocenters. The van der Waals surface area contributed by atoms with Crippen molar-refractivity contribution in [2.75, 3.05) is 26.3 Å². The van der Waals surface area contributed by atoms with Gasteiger partial charge in [-0.1, -0.05) is 30.0 Å². The van der Waals surface area contributed by atoms with Crippen molar-refractivity contribution < 1.29 is 4.74 Å². The lowest BCUT2D eigenvalue weighted by Gasteiger charge is -2.06. The van der Waals surface area contributed by atoms with Crippen LogP contribution in [0.2, 0.25) is 0 Å². The Kier molecular flexibility index (Phi) is 5.09. The number of ether oxygens (including phenoxy) is 1. The number of hydrogen-bond donors (Lipinski definition) is 1. The van der Waals surface area contributed by atoms with Gasteiger partial charge in [0.15, 0.2) is 0 Å². The van der Waals surface area contributed by atoms with Crippen LogP contribution in [0.3, 0.4) is 0 Å². The lowest BCUT2D eigenvalue weighted by atomic mass is 10.1. The fourth-order valence-electron chi connectivity index (χ4n) is 1.94. The first-order chi connectivity index (χ1) is 8.45. The van der Waals surface area contributed by atoms with Gasteiger partial charge in [0.05, 0.1) is 6.54 Å². The summed E-state index contributed by atoms with van der Waals surface area (Å²) in [6.07, 6.45) is 2.42. The average molecular weight is 229 g/mol. The molecule has 2 nitrogen and oxygen atoms in total. The lowest BCUT2D eigenvalue weighted by Crippen LogP contribution is -2.18. The smallest absolute Gasteiger partial charge is 0.0580 e. The Balaban J connectivity index is 1.58. The van der Waals surface area contributed by atoms with Gasteiger partial charge in [0, 0.05) is 18.8 Å². The zero-order chi connectivity index (χ0) is 11.8. The second kappa shape index (κ2) is 7.11. The molecule has 1 heterocycles. The van der Waals surface area contributed by atoms with E-state index in [0.717, 1.165) is 37.8 Å². The van der Waals surface area contributed by atoms with Gasteiger partial charge in [0.2, 0.25) is 0 Å². The molecular formula is C15H19NO. The predicted octanol–water partition coefficient (Wildman–Crippen LogP) is 2.05. The van der Waals surface area contributed by atoms with E-state index in [1.54, 1.807) is 0 Å². The van der Waals surface area contributed by atoms with Gasteiger partial charge in [-0.3, -0.25) is 0 Å². The molecule has 2 heteroatoms. The van der Waals surface area contributed by atoms with Gasteiger partial charge in [-0.2, -0.15) is 0 Å². The molecule has 2 rings (SSSR count). The van der Waals surface area contributed by atoms with Crippen molar-refractivity contribution in [3.8, 4) is 11.8 Å². The van der Waals surface area contributed by atoms with Crippen LogP contribution in [-0.2, 0) is 4.74 Å². The second-order valence-corrected chi connectivity index (χ2v) is 4.36. The topological polar surface area (TPSA) is 21.3 Å². The summed E-state index contributed by atoms with van der Waals surface area (Å²) in [5.74, 6) is 7.02. The van der Waals surface area contributed by atoms with Crippen LogP contribution in [0.15, 0.2) is 30.3 Å². The second-order valence-electron chi connectivity index (χ2n) is 4.36. The molecule has 1 aliphatic heterocycles. The van der Waals surface area contributed by atoms with Crippen LogP contribution in [0.4, 0.5) is 0 Å². The molecule has 0 bridgehead atoms. The SMILES string of the molecule is C(#Cc1ccccc1)CNCCC1CCOC1. The molecule has 0 saturated carbocycles. The fraction of sp³-hybridized carbons (Fsp3) is 0.467. The summed E-state index contributed by atoms with van der Waals surface area (Å²) >= 11 is 0. The summed E-state index contributed by atoms with van der Waals surface area (Å²) in [5, 5.41) is 3.35. The minimum absolute atomic E-state index is 0.754. The summed E-state index contributed by atoms with van der Waals surface area (Å²) in [7, 11) is 0. The van der Waals surface area contributed by atoms with Crippen LogP contribution >= 0.6 is 0 Å². The quantitative estimate of drug-likeness (QED) is 0.630. The maximum atomic E-state index is 5.34. The highest BCUT2D eigenvalue weighted by Crippen LogP contribution is 2.14. The Hall–Kier alpha value is -1.30. The molecule has 0 amide bonds. The van der Waals surface area contributed by atoms with Gasteiger partial charge in [0.1, 0.15) is 0 Å². The summed E-state index contributed by atoms with van der Waals surface area (Å²) in [6, 6.07) is 10.1. The third kappa shape index (κ3) is 4.60. The van der Waals surface area contributed by atoms with Crippen molar-refractivity contribution in [1.82, 2.24) is 5.32 Å². The van der Waals surface area contributed by atoms with Gasteiger partial charge in [-0.15, -0.1) is 0 Å². The molecule has 1 saturated heterocycles. The summed E-state index contributed by atoms with van der Waals surface area (Å²) < 4.78 is 5.34. The number of benzene rings is 1. The van der Waals surface area contributed by atoms with E-state index in [4.69, 9.17) is 4.74 Å². The standard InChI is InChI=1S/C15H19NO/c1-2-5-14(6-3-1)7-4-10-16-11-8-15-9-12-17-13-15/h1-3,5-6,15-16H,8-13H2. The summed E-state index contributed by atoms with van der Waals surface area (Å²) in [5.41, 5.74) is 1.08. The predicted molar refractivity (Wildman–Crippen MR) is 69.7 cm³/mol. The Morgan fingerprint density at radius 3 is 2.94 bits per heavy atom. The number of rotatable bonds is 4. The molecule has 0 radical (unpaired) electrons.